The van der Waals surface area contributed by atoms with Crippen LogP contribution in [0.1, 0.15) is 32.6 Å². The van der Waals surface area contributed by atoms with Crippen LogP contribution in [0, 0.1) is 5.92 Å². The van der Waals surface area contributed by atoms with Crippen LogP contribution in [0.3, 0.4) is 0 Å². The van der Waals surface area contributed by atoms with Crippen LogP contribution in [0.2, 0.25) is 0 Å². The van der Waals surface area contributed by atoms with Crippen molar-refractivity contribution in [3.05, 3.63) is 0 Å². The van der Waals surface area contributed by atoms with Gasteiger partial charge in [-0.2, -0.15) is 0 Å². The highest BCUT2D eigenvalue weighted by atomic mass is 127. The Labute approximate surface area is 203 Å². The highest BCUT2D eigenvalue weighted by Crippen LogP contribution is 2.39. The number of aliphatic imine (C=N–C) groups is 1. The van der Waals surface area contributed by atoms with Crippen molar-refractivity contribution >= 4 is 35.8 Å². The first kappa shape index (κ1) is 26.6. The molecule has 0 aromatic heterocycles. The largest absolute Gasteiger partial charge is 0.379 e. The van der Waals surface area contributed by atoms with Crippen molar-refractivity contribution in [2.24, 2.45) is 10.9 Å². The van der Waals surface area contributed by atoms with Gasteiger partial charge in [0.15, 0.2) is 11.7 Å². The fourth-order valence-electron chi connectivity index (χ4n) is 4.01. The molecule has 1 saturated carbocycles. The quantitative estimate of drug-likeness (QED) is 0.275. The van der Waals surface area contributed by atoms with Crippen molar-refractivity contribution in [2.75, 3.05) is 73.2 Å². The number of halogens is 1. The van der Waals surface area contributed by atoms with Gasteiger partial charge in [0.25, 0.3) is 0 Å². The van der Waals surface area contributed by atoms with Crippen LogP contribution in [0.25, 0.3) is 0 Å². The zero-order valence-electron chi connectivity index (χ0n) is 19.2. The molecule has 31 heavy (non-hydrogen) atoms. The number of ether oxygens (including phenoxy) is 3. The zero-order chi connectivity index (χ0) is 21.4. The molecule has 0 aromatic rings. The summed E-state index contributed by atoms with van der Waals surface area (Å²) in [4.78, 5) is 20.3. The predicted octanol–water partition coefficient (Wildman–Crippen LogP) is 0.882. The lowest BCUT2D eigenvalue weighted by molar-refractivity contribution is -0.191. The number of nitrogens with one attached hydrogen (secondary N) is 2. The van der Waals surface area contributed by atoms with E-state index < -0.39 is 0 Å². The highest BCUT2D eigenvalue weighted by molar-refractivity contribution is 14.0. The Kier molecular flexibility index (Phi) is 11.2. The summed E-state index contributed by atoms with van der Waals surface area (Å²) in [5, 5.41) is 6.70. The predicted molar refractivity (Wildman–Crippen MR) is 131 cm³/mol. The third-order valence-electron chi connectivity index (χ3n) is 6.14. The molecule has 0 radical (unpaired) electrons. The number of hydrogen-bond donors (Lipinski definition) is 2. The van der Waals surface area contributed by atoms with Crippen LogP contribution >= 0.6 is 24.0 Å². The summed E-state index contributed by atoms with van der Waals surface area (Å²) in [6.07, 6.45) is 4.25. The van der Waals surface area contributed by atoms with Gasteiger partial charge in [-0.1, -0.05) is 6.92 Å². The number of morpholine rings is 1. The van der Waals surface area contributed by atoms with Crippen molar-refractivity contribution in [1.82, 2.24) is 20.4 Å². The molecule has 2 saturated heterocycles. The summed E-state index contributed by atoms with van der Waals surface area (Å²) >= 11 is 0. The van der Waals surface area contributed by atoms with Crippen LogP contribution in [0.4, 0.5) is 0 Å². The van der Waals surface area contributed by atoms with E-state index in [1.807, 2.05) is 0 Å². The van der Waals surface area contributed by atoms with Crippen LogP contribution in [0.15, 0.2) is 4.99 Å². The first-order valence-electron chi connectivity index (χ1n) is 11.3. The first-order valence-corrected chi connectivity index (χ1v) is 11.3. The number of carbonyl (C=O) groups is 1. The molecule has 3 aliphatic rings. The van der Waals surface area contributed by atoms with E-state index in [9.17, 15) is 4.79 Å². The van der Waals surface area contributed by atoms with Crippen molar-refractivity contribution in [3.63, 3.8) is 0 Å². The van der Waals surface area contributed by atoms with Crippen LogP contribution in [-0.4, -0.2) is 107 Å². The Morgan fingerprint density at radius 3 is 2.58 bits per heavy atom. The first-order chi connectivity index (χ1) is 14.5. The average molecular weight is 553 g/mol. The van der Waals surface area contributed by atoms with E-state index in [4.69, 9.17) is 14.2 Å². The molecule has 2 heterocycles. The van der Waals surface area contributed by atoms with Crippen molar-refractivity contribution in [1.29, 1.82) is 0 Å². The van der Waals surface area contributed by atoms with E-state index in [2.05, 4.69) is 27.4 Å². The minimum Gasteiger partial charge on any atom is -0.379 e. The third kappa shape index (κ3) is 8.64. The third-order valence-corrected chi connectivity index (χ3v) is 6.14. The molecule has 180 valence electrons. The molecule has 10 heteroatoms. The van der Waals surface area contributed by atoms with E-state index in [1.54, 1.807) is 19.0 Å². The number of nitrogens with zero attached hydrogens (tertiary/aromatic N) is 3. The zero-order valence-corrected chi connectivity index (χ0v) is 21.6. The van der Waals surface area contributed by atoms with E-state index in [1.165, 1.54) is 0 Å². The van der Waals surface area contributed by atoms with Crippen molar-refractivity contribution in [2.45, 2.75) is 44.5 Å². The summed E-state index contributed by atoms with van der Waals surface area (Å²) in [7, 11) is 3.48. The van der Waals surface area contributed by atoms with Crippen molar-refractivity contribution < 1.29 is 19.0 Å². The van der Waals surface area contributed by atoms with Crippen LogP contribution in [-0.2, 0) is 19.0 Å². The molecule has 3 fully saturated rings. The molecule has 9 nitrogen and oxygen atoms in total. The standard InChI is InChI=1S/C21H39N5O4.HI/c1-17-4-6-21(7-5-17)29-16-18(30-21)14-23-20(24-15-19(27)25(2)3)22-8-9-26-10-12-28-13-11-26;/h17-18H,4-16H2,1-3H3,(H2,22,23,24);1H. The van der Waals surface area contributed by atoms with Gasteiger partial charge in [-0.15, -0.1) is 24.0 Å². The van der Waals surface area contributed by atoms with E-state index in [0.717, 1.165) is 71.0 Å². The van der Waals surface area contributed by atoms with Gasteiger partial charge in [0.2, 0.25) is 5.91 Å². The molecule has 3 rings (SSSR count). The van der Waals surface area contributed by atoms with Crippen LogP contribution in [0.5, 0.6) is 0 Å². The molecule has 1 spiro atoms. The number of hydrogen-bond acceptors (Lipinski definition) is 6. The van der Waals surface area contributed by atoms with Crippen LogP contribution < -0.4 is 10.6 Å². The Morgan fingerprint density at radius 2 is 1.90 bits per heavy atom. The molecule has 1 unspecified atom stereocenters. The smallest absolute Gasteiger partial charge is 0.243 e. The number of rotatable bonds is 7. The van der Waals surface area contributed by atoms with Crippen molar-refractivity contribution in [3.8, 4) is 0 Å². The topological polar surface area (TPSA) is 87.7 Å². The lowest BCUT2D eigenvalue weighted by Crippen LogP contribution is -2.46. The molecule has 1 atom stereocenters. The molecule has 0 aromatic carbocycles. The fraction of sp³-hybridized carbons (Fsp3) is 0.905. The molecule has 1 aliphatic carbocycles. The average Bonchev–Trinajstić information content (AvgIpc) is 3.15. The van der Waals surface area contributed by atoms with E-state index in [-0.39, 0.29) is 48.3 Å². The highest BCUT2D eigenvalue weighted by Gasteiger charge is 2.43. The molecule has 2 N–H and O–H groups in total. The number of likely N-dealkylation sites (N-methyl/N-ethyl adjacent to an activating group) is 1. The number of guanidine groups is 1. The second kappa shape index (κ2) is 13.1. The Hall–Kier alpha value is -0.690. The van der Waals surface area contributed by atoms with E-state index in [0.29, 0.717) is 19.1 Å². The van der Waals surface area contributed by atoms with Gasteiger partial charge >= 0.3 is 0 Å². The van der Waals surface area contributed by atoms with Gasteiger partial charge in [0.05, 0.1) is 19.8 Å². The summed E-state index contributed by atoms with van der Waals surface area (Å²) in [5.74, 6) is 0.977. The Morgan fingerprint density at radius 1 is 1.19 bits per heavy atom. The monoisotopic (exact) mass is 553 g/mol. The van der Waals surface area contributed by atoms with Gasteiger partial charge in [-0.05, 0) is 18.8 Å². The second-order valence-corrected chi connectivity index (χ2v) is 8.86. The Bertz CT molecular complexity index is 578. The summed E-state index contributed by atoms with van der Waals surface area (Å²) in [6, 6.07) is 0. The van der Waals surface area contributed by atoms with Gasteiger partial charge in [0, 0.05) is 59.7 Å². The van der Waals surface area contributed by atoms with Gasteiger partial charge in [0.1, 0.15) is 12.6 Å². The molecule has 0 bridgehead atoms. The minimum absolute atomic E-state index is 0. The molecular formula is C21H40IN5O4. The second-order valence-electron chi connectivity index (χ2n) is 8.86. The Balaban J connectivity index is 0.00000341. The fourth-order valence-corrected chi connectivity index (χ4v) is 4.01. The lowest BCUT2D eigenvalue weighted by Gasteiger charge is -2.34. The SMILES string of the molecule is CC1CCC2(CC1)OCC(CNC(=NCC(=O)N(C)C)NCCN1CCOCC1)O2.I. The maximum atomic E-state index is 12.0. The molecule has 1 amide bonds. The summed E-state index contributed by atoms with van der Waals surface area (Å²) < 4.78 is 17.7. The van der Waals surface area contributed by atoms with Gasteiger partial charge in [-0.3, -0.25) is 9.69 Å². The molecular weight excluding hydrogens is 513 g/mol. The maximum absolute atomic E-state index is 12.0. The minimum atomic E-state index is -0.388. The summed E-state index contributed by atoms with van der Waals surface area (Å²) in [6.45, 7) is 8.76. The number of carbonyl (C=O) groups excluding carboxylic acids is 1. The summed E-state index contributed by atoms with van der Waals surface area (Å²) in [5.41, 5.74) is 0. The maximum Gasteiger partial charge on any atom is 0.243 e. The molecule has 2 aliphatic heterocycles. The van der Waals surface area contributed by atoms with Gasteiger partial charge < -0.3 is 29.7 Å². The van der Waals surface area contributed by atoms with E-state index >= 15 is 0 Å². The number of amides is 1. The van der Waals surface area contributed by atoms with Gasteiger partial charge in [-0.25, -0.2) is 4.99 Å². The normalized spacial score (nSPS) is 29.5. The lowest BCUT2D eigenvalue weighted by atomic mass is 9.86.